The van der Waals surface area contributed by atoms with Gasteiger partial charge in [0.05, 0.1) is 152 Å². The molecule has 0 aromatic carbocycles. The predicted molar refractivity (Wildman–Crippen MR) is 164 cm³/mol. The summed E-state index contributed by atoms with van der Waals surface area (Å²) in [4.78, 5) is 23.9. The molecule has 15 heteroatoms. The average molecular weight is 736 g/mol. The molecule has 0 radical (unpaired) electrons. The van der Waals surface area contributed by atoms with Crippen LogP contribution < -0.4 is 0 Å². The lowest BCUT2D eigenvalue weighted by atomic mass is 10.5. The van der Waals surface area contributed by atoms with Crippen molar-refractivity contribution >= 4 is 34.4 Å². The van der Waals surface area contributed by atoms with Gasteiger partial charge in [0.15, 0.2) is 0 Å². The van der Waals surface area contributed by atoms with Crippen LogP contribution in [0.25, 0.3) is 0 Å². The molecule has 252 valence electrons. The van der Waals surface area contributed by atoms with Gasteiger partial charge in [0, 0.05) is 16.6 Å². The Hall–Kier alpha value is -0.830. The van der Waals surface area contributed by atoms with Crippen molar-refractivity contribution in [3.8, 4) is 0 Å². The molecule has 1 rings (SSSR count). The van der Waals surface area contributed by atoms with Crippen molar-refractivity contribution in [2.75, 3.05) is 156 Å². The van der Waals surface area contributed by atoms with Crippen LogP contribution in [-0.2, 0) is 61.7 Å². The number of hydrogen-bond donors (Lipinski definition) is 0. The minimum absolute atomic E-state index is 0.241. The number of alkyl halides is 1. The number of amides is 2. The summed E-state index contributed by atoms with van der Waals surface area (Å²) >= 11 is 2.27. The molecule has 1 aliphatic heterocycles. The predicted octanol–water partition coefficient (Wildman–Crippen LogP) is 0.529. The fourth-order valence-corrected chi connectivity index (χ4v) is 3.47. The smallest absolute Gasteiger partial charge is 0.253 e. The summed E-state index contributed by atoms with van der Waals surface area (Å²) in [5, 5.41) is 0. The van der Waals surface area contributed by atoms with Gasteiger partial charge in [-0.25, -0.2) is 0 Å². The Morgan fingerprint density at radius 2 is 0.581 bits per heavy atom. The van der Waals surface area contributed by atoms with Crippen LogP contribution in [-0.4, -0.2) is 173 Å². The Balaban J connectivity index is 1.62. The second kappa shape index (κ2) is 32.6. The molecular weight excluding hydrogens is 685 g/mol. The van der Waals surface area contributed by atoms with Gasteiger partial charge < -0.3 is 52.1 Å². The molecule has 0 aliphatic carbocycles. The van der Waals surface area contributed by atoms with Crippen LogP contribution in [0, 0.1) is 0 Å². The first-order valence-electron chi connectivity index (χ1n) is 14.7. The summed E-state index contributed by atoms with van der Waals surface area (Å²) in [7, 11) is 0. The van der Waals surface area contributed by atoms with E-state index in [1.165, 1.54) is 12.2 Å². The molecule has 0 saturated carbocycles. The van der Waals surface area contributed by atoms with Crippen LogP contribution in [0.5, 0.6) is 0 Å². The van der Waals surface area contributed by atoms with E-state index in [2.05, 4.69) is 22.6 Å². The Labute approximate surface area is 268 Å². The first-order chi connectivity index (χ1) is 21.3. The van der Waals surface area contributed by atoms with Gasteiger partial charge in [-0.2, -0.15) is 0 Å². The lowest BCUT2D eigenvalue weighted by molar-refractivity contribution is -0.137. The maximum atomic E-state index is 11.4. The van der Waals surface area contributed by atoms with Crippen LogP contribution in [0.1, 0.15) is 0 Å². The van der Waals surface area contributed by atoms with Gasteiger partial charge in [0.2, 0.25) is 0 Å². The molecule has 0 atom stereocenters. The maximum Gasteiger partial charge on any atom is 0.253 e. The van der Waals surface area contributed by atoms with Gasteiger partial charge in [-0.3, -0.25) is 14.5 Å². The Morgan fingerprint density at radius 3 is 0.814 bits per heavy atom. The fraction of sp³-hybridized carbons (Fsp3) is 0.857. The molecule has 0 aromatic rings. The Bertz CT molecular complexity index is 657. The van der Waals surface area contributed by atoms with Crippen molar-refractivity contribution in [2.24, 2.45) is 0 Å². The van der Waals surface area contributed by atoms with E-state index in [1.807, 2.05) is 0 Å². The Morgan fingerprint density at radius 1 is 0.372 bits per heavy atom. The molecule has 0 saturated heterocycles. The third-order valence-electron chi connectivity index (χ3n) is 5.30. The third kappa shape index (κ3) is 27.2. The summed E-state index contributed by atoms with van der Waals surface area (Å²) < 4.78 is 60.6. The van der Waals surface area contributed by atoms with E-state index >= 15 is 0 Å². The van der Waals surface area contributed by atoms with Crippen molar-refractivity contribution < 1.29 is 61.7 Å². The topological polar surface area (TPSA) is 139 Å². The van der Waals surface area contributed by atoms with Crippen molar-refractivity contribution in [2.45, 2.75) is 0 Å². The molecule has 0 bridgehead atoms. The van der Waals surface area contributed by atoms with E-state index in [0.717, 1.165) is 15.9 Å². The molecule has 0 N–H and O–H groups in total. The van der Waals surface area contributed by atoms with Crippen molar-refractivity contribution in [3.05, 3.63) is 12.2 Å². The number of imide groups is 1. The van der Waals surface area contributed by atoms with E-state index in [1.54, 1.807) is 0 Å². The molecule has 0 spiro atoms. The van der Waals surface area contributed by atoms with Crippen LogP contribution in [0.15, 0.2) is 12.2 Å². The maximum absolute atomic E-state index is 11.4. The monoisotopic (exact) mass is 735 g/mol. The van der Waals surface area contributed by atoms with E-state index in [-0.39, 0.29) is 25.0 Å². The lowest BCUT2D eigenvalue weighted by Crippen LogP contribution is -2.33. The highest BCUT2D eigenvalue weighted by Gasteiger charge is 2.22. The summed E-state index contributed by atoms with van der Waals surface area (Å²) in [6.07, 6.45) is 2.51. The van der Waals surface area contributed by atoms with Crippen LogP contribution >= 0.6 is 22.6 Å². The lowest BCUT2D eigenvalue weighted by Gasteiger charge is -2.13. The molecular formula is C28H50INO13. The zero-order valence-electron chi connectivity index (χ0n) is 25.3. The summed E-state index contributed by atoms with van der Waals surface area (Å²) in [6.45, 7) is 11.3. The number of hydrogen-bond acceptors (Lipinski definition) is 13. The molecule has 0 aromatic heterocycles. The standard InChI is InChI=1S/C28H50INO13/c29-3-5-33-7-9-35-11-13-37-15-17-39-19-21-41-23-25-43-26-24-42-22-20-40-18-16-38-14-12-36-10-8-34-6-4-30-27(31)1-2-28(30)32/h1-2H,3-26H2. The molecule has 1 aliphatic rings. The van der Waals surface area contributed by atoms with Gasteiger partial charge in [-0.1, -0.05) is 22.6 Å². The first kappa shape index (κ1) is 40.2. The zero-order valence-corrected chi connectivity index (χ0v) is 27.4. The van der Waals surface area contributed by atoms with Gasteiger partial charge in [0.1, 0.15) is 0 Å². The SMILES string of the molecule is O=C1C=CC(=O)N1CCOCCOCCOCCOCCOCCOCCOCCOCCOCCOCCOCCI. The van der Waals surface area contributed by atoms with E-state index in [0.29, 0.717) is 132 Å². The molecule has 14 nitrogen and oxygen atoms in total. The number of carbonyl (C=O) groups is 2. The van der Waals surface area contributed by atoms with Crippen LogP contribution in [0.3, 0.4) is 0 Å². The largest absolute Gasteiger partial charge is 0.378 e. The number of rotatable bonds is 35. The van der Waals surface area contributed by atoms with E-state index in [9.17, 15) is 9.59 Å². The molecule has 2 amide bonds. The van der Waals surface area contributed by atoms with Crippen molar-refractivity contribution in [3.63, 3.8) is 0 Å². The van der Waals surface area contributed by atoms with Gasteiger partial charge in [-0.05, 0) is 0 Å². The molecule has 0 fully saturated rings. The van der Waals surface area contributed by atoms with Crippen LogP contribution in [0.4, 0.5) is 0 Å². The summed E-state index contributed by atoms with van der Waals surface area (Å²) in [6, 6.07) is 0. The van der Waals surface area contributed by atoms with E-state index < -0.39 is 0 Å². The minimum atomic E-state index is -0.305. The quantitative estimate of drug-likeness (QED) is 0.0388. The Kier molecular flexibility index (Phi) is 30.4. The molecule has 43 heavy (non-hydrogen) atoms. The first-order valence-corrected chi connectivity index (χ1v) is 16.2. The highest BCUT2D eigenvalue weighted by Crippen LogP contribution is 2.02. The number of ether oxygens (including phenoxy) is 11. The van der Waals surface area contributed by atoms with Crippen molar-refractivity contribution in [1.29, 1.82) is 0 Å². The highest BCUT2D eigenvalue weighted by molar-refractivity contribution is 14.1. The van der Waals surface area contributed by atoms with Gasteiger partial charge in [-0.15, -0.1) is 0 Å². The number of carbonyl (C=O) groups excluding carboxylic acids is 2. The zero-order chi connectivity index (χ0) is 30.9. The third-order valence-corrected chi connectivity index (χ3v) is 5.74. The summed E-state index contributed by atoms with van der Waals surface area (Å²) in [5.41, 5.74) is 0. The number of halogens is 1. The fourth-order valence-electron chi connectivity index (χ4n) is 3.16. The normalized spacial score (nSPS) is 13.2. The molecule has 1 heterocycles. The molecule has 0 unspecified atom stereocenters. The average Bonchev–Trinajstić information content (AvgIpc) is 3.33. The minimum Gasteiger partial charge on any atom is -0.378 e. The van der Waals surface area contributed by atoms with Gasteiger partial charge >= 0.3 is 0 Å². The van der Waals surface area contributed by atoms with Crippen LogP contribution in [0.2, 0.25) is 0 Å². The number of nitrogens with zero attached hydrogens (tertiary/aromatic N) is 1. The second-order valence-corrected chi connectivity index (χ2v) is 9.67. The van der Waals surface area contributed by atoms with Crippen molar-refractivity contribution in [1.82, 2.24) is 4.90 Å². The summed E-state index contributed by atoms with van der Waals surface area (Å²) in [5.74, 6) is -0.610. The van der Waals surface area contributed by atoms with E-state index in [4.69, 9.17) is 52.1 Å². The second-order valence-electron chi connectivity index (χ2n) is 8.59. The highest BCUT2D eigenvalue weighted by atomic mass is 127. The van der Waals surface area contributed by atoms with Gasteiger partial charge in [0.25, 0.3) is 11.8 Å².